The third-order valence-electron chi connectivity index (χ3n) is 5.33. The molecule has 0 N–H and O–H groups in total. The average molecular weight is 378 g/mol. The van der Waals surface area contributed by atoms with Crippen LogP contribution in [0.2, 0.25) is 0 Å². The van der Waals surface area contributed by atoms with Gasteiger partial charge in [0.25, 0.3) is 0 Å². The Balaban J connectivity index is 1.42. The lowest BCUT2D eigenvalue weighted by Gasteiger charge is -2.11. The summed E-state index contributed by atoms with van der Waals surface area (Å²) in [5.74, 6) is 0.195. The van der Waals surface area contributed by atoms with Crippen LogP contribution < -0.4 is 10.4 Å². The van der Waals surface area contributed by atoms with E-state index in [9.17, 15) is 9.59 Å². The molecule has 0 amide bonds. The zero-order valence-corrected chi connectivity index (χ0v) is 16.0. The first-order chi connectivity index (χ1) is 13.5. The lowest BCUT2D eigenvalue weighted by atomic mass is 10.0. The van der Waals surface area contributed by atoms with Gasteiger partial charge in [-0.1, -0.05) is 18.2 Å². The molecule has 0 atom stereocenters. The number of carbonyl (C=O) groups excluding carboxylic acids is 1. The molecule has 144 valence electrons. The molecule has 1 heterocycles. The van der Waals surface area contributed by atoms with Crippen molar-refractivity contribution in [1.29, 1.82) is 0 Å². The number of aryl methyl sites for hydroxylation is 4. The van der Waals surface area contributed by atoms with E-state index in [2.05, 4.69) is 6.07 Å². The first kappa shape index (κ1) is 18.3. The van der Waals surface area contributed by atoms with Crippen molar-refractivity contribution in [3.8, 4) is 5.75 Å². The van der Waals surface area contributed by atoms with Gasteiger partial charge >= 0.3 is 11.6 Å². The topological polar surface area (TPSA) is 65.7 Å². The maximum atomic E-state index is 12.1. The van der Waals surface area contributed by atoms with Gasteiger partial charge in [-0.25, -0.2) is 9.59 Å². The Morgan fingerprint density at radius 2 is 1.89 bits per heavy atom. The summed E-state index contributed by atoms with van der Waals surface area (Å²) in [7, 11) is 0. The molecule has 0 unspecified atom stereocenters. The Kier molecular flexibility index (Phi) is 4.90. The van der Waals surface area contributed by atoms with E-state index in [0.29, 0.717) is 16.9 Å². The van der Waals surface area contributed by atoms with Gasteiger partial charge in [0.15, 0.2) is 6.61 Å². The normalized spacial score (nSPS) is 12.8. The maximum Gasteiger partial charge on any atom is 0.344 e. The van der Waals surface area contributed by atoms with Gasteiger partial charge in [0.05, 0.1) is 0 Å². The molecular formula is C23H22O5. The minimum absolute atomic E-state index is 0.00299. The summed E-state index contributed by atoms with van der Waals surface area (Å²) in [6, 6.07) is 11.1. The number of hydrogen-bond donors (Lipinski definition) is 0. The molecule has 0 fully saturated rings. The van der Waals surface area contributed by atoms with E-state index in [1.165, 1.54) is 23.6 Å². The molecule has 1 aromatic heterocycles. The first-order valence-corrected chi connectivity index (χ1v) is 9.44. The molecule has 3 aromatic rings. The van der Waals surface area contributed by atoms with Crippen LogP contribution in [-0.2, 0) is 29.0 Å². The van der Waals surface area contributed by atoms with Crippen molar-refractivity contribution in [3.05, 3.63) is 74.6 Å². The van der Waals surface area contributed by atoms with E-state index in [0.717, 1.165) is 29.4 Å². The Hall–Kier alpha value is -3.08. The average Bonchev–Trinajstić information content (AvgIpc) is 3.15. The van der Waals surface area contributed by atoms with E-state index < -0.39 is 11.6 Å². The van der Waals surface area contributed by atoms with Gasteiger partial charge < -0.3 is 13.9 Å². The zero-order chi connectivity index (χ0) is 19.7. The third kappa shape index (κ3) is 3.65. The highest BCUT2D eigenvalue weighted by atomic mass is 16.6. The molecule has 0 radical (unpaired) electrons. The van der Waals surface area contributed by atoms with Crippen LogP contribution >= 0.6 is 0 Å². The van der Waals surface area contributed by atoms with Gasteiger partial charge in [-0.2, -0.15) is 0 Å². The second-order valence-corrected chi connectivity index (χ2v) is 7.21. The lowest BCUT2D eigenvalue weighted by Crippen LogP contribution is -2.15. The van der Waals surface area contributed by atoms with Crippen LogP contribution in [0.15, 0.2) is 45.6 Å². The number of ether oxygens (including phenoxy) is 2. The molecule has 5 nitrogen and oxygen atoms in total. The van der Waals surface area contributed by atoms with Crippen molar-refractivity contribution in [1.82, 2.24) is 0 Å². The molecule has 0 saturated heterocycles. The standard InChI is InChI=1S/C23H22O5/c1-14-6-9-20-18(11-21(24)28-23(20)15(14)2)12-27-22(25)13-26-19-8-7-16-4-3-5-17(16)10-19/h6-11H,3-5,12-13H2,1-2H3. The highest BCUT2D eigenvalue weighted by molar-refractivity contribution is 5.84. The maximum absolute atomic E-state index is 12.1. The minimum atomic E-state index is -0.481. The molecule has 2 aromatic carbocycles. The van der Waals surface area contributed by atoms with Crippen molar-refractivity contribution in [2.45, 2.75) is 39.7 Å². The van der Waals surface area contributed by atoms with E-state index in [1.54, 1.807) is 0 Å². The van der Waals surface area contributed by atoms with Crippen molar-refractivity contribution in [2.75, 3.05) is 6.61 Å². The number of fused-ring (bicyclic) bond motifs is 2. The summed E-state index contributed by atoms with van der Waals surface area (Å²) in [6.07, 6.45) is 3.33. The van der Waals surface area contributed by atoms with E-state index >= 15 is 0 Å². The van der Waals surface area contributed by atoms with Crippen LogP contribution in [0.4, 0.5) is 0 Å². The van der Waals surface area contributed by atoms with Crippen molar-refractivity contribution < 1.29 is 18.7 Å². The molecule has 0 spiro atoms. The molecule has 1 aliphatic rings. The van der Waals surface area contributed by atoms with E-state index in [1.807, 2.05) is 38.1 Å². The summed E-state index contributed by atoms with van der Waals surface area (Å²) < 4.78 is 16.2. The van der Waals surface area contributed by atoms with Gasteiger partial charge in [0.1, 0.15) is 17.9 Å². The van der Waals surface area contributed by atoms with Crippen LogP contribution in [0.3, 0.4) is 0 Å². The fourth-order valence-corrected chi connectivity index (χ4v) is 3.62. The molecule has 0 saturated carbocycles. The van der Waals surface area contributed by atoms with Crippen LogP contribution in [0.25, 0.3) is 11.0 Å². The quantitative estimate of drug-likeness (QED) is 0.496. The smallest absolute Gasteiger partial charge is 0.344 e. The minimum Gasteiger partial charge on any atom is -0.482 e. The molecule has 5 heteroatoms. The van der Waals surface area contributed by atoms with Gasteiger partial charge in [-0.15, -0.1) is 0 Å². The summed E-state index contributed by atoms with van der Waals surface area (Å²) >= 11 is 0. The Morgan fingerprint density at radius 3 is 2.75 bits per heavy atom. The monoisotopic (exact) mass is 378 g/mol. The van der Waals surface area contributed by atoms with Crippen LogP contribution in [0.5, 0.6) is 5.75 Å². The predicted molar refractivity (Wildman–Crippen MR) is 106 cm³/mol. The predicted octanol–water partition coefficient (Wildman–Crippen LogP) is 4.02. The van der Waals surface area contributed by atoms with Gasteiger partial charge in [0, 0.05) is 17.0 Å². The fraction of sp³-hybridized carbons (Fsp3) is 0.304. The first-order valence-electron chi connectivity index (χ1n) is 9.44. The number of hydrogen-bond acceptors (Lipinski definition) is 5. The Morgan fingerprint density at radius 1 is 1.07 bits per heavy atom. The molecule has 4 rings (SSSR count). The largest absolute Gasteiger partial charge is 0.482 e. The lowest BCUT2D eigenvalue weighted by molar-refractivity contribution is -0.147. The van der Waals surface area contributed by atoms with Gasteiger partial charge in [-0.3, -0.25) is 0 Å². The highest BCUT2D eigenvalue weighted by Crippen LogP contribution is 2.26. The summed E-state index contributed by atoms with van der Waals surface area (Å²) in [4.78, 5) is 24.0. The highest BCUT2D eigenvalue weighted by Gasteiger charge is 2.14. The number of rotatable bonds is 5. The Bertz CT molecular complexity index is 1110. The van der Waals surface area contributed by atoms with Gasteiger partial charge in [0.2, 0.25) is 0 Å². The second-order valence-electron chi connectivity index (χ2n) is 7.21. The summed E-state index contributed by atoms with van der Waals surface area (Å²) in [5.41, 5.74) is 5.29. The zero-order valence-electron chi connectivity index (χ0n) is 16.0. The van der Waals surface area contributed by atoms with Crippen molar-refractivity contribution >= 4 is 16.9 Å². The number of carbonyl (C=O) groups is 1. The second kappa shape index (κ2) is 7.50. The van der Waals surface area contributed by atoms with Crippen LogP contribution in [0.1, 0.15) is 34.2 Å². The van der Waals surface area contributed by atoms with E-state index in [-0.39, 0.29) is 13.2 Å². The third-order valence-corrected chi connectivity index (χ3v) is 5.33. The number of benzene rings is 2. The van der Waals surface area contributed by atoms with Crippen LogP contribution in [-0.4, -0.2) is 12.6 Å². The SMILES string of the molecule is Cc1ccc2c(COC(=O)COc3ccc4c(c3)CCC4)cc(=O)oc2c1C. The number of esters is 1. The van der Waals surface area contributed by atoms with E-state index in [4.69, 9.17) is 13.9 Å². The summed E-state index contributed by atoms with van der Waals surface area (Å²) in [6.45, 7) is 3.69. The molecule has 0 aliphatic heterocycles. The molecular weight excluding hydrogens is 356 g/mol. The van der Waals surface area contributed by atoms with Gasteiger partial charge in [-0.05, 0) is 67.5 Å². The molecule has 28 heavy (non-hydrogen) atoms. The molecule has 0 bridgehead atoms. The Labute approximate surface area is 162 Å². The summed E-state index contributed by atoms with van der Waals surface area (Å²) in [5, 5.41) is 0.773. The van der Waals surface area contributed by atoms with Crippen molar-refractivity contribution in [3.63, 3.8) is 0 Å². The van der Waals surface area contributed by atoms with Crippen molar-refractivity contribution in [2.24, 2.45) is 0 Å². The fourth-order valence-electron chi connectivity index (χ4n) is 3.62. The van der Waals surface area contributed by atoms with Crippen LogP contribution in [0, 0.1) is 13.8 Å². The molecule has 1 aliphatic carbocycles.